The maximum Gasteiger partial charge on any atom is 0.334 e. The molecule has 2 rings (SSSR count). The van der Waals surface area contributed by atoms with Crippen molar-refractivity contribution in [3.63, 3.8) is 0 Å². The zero-order valence-electron chi connectivity index (χ0n) is 12.8. The lowest BCUT2D eigenvalue weighted by molar-refractivity contribution is -0.136. The number of aliphatic carboxylic acids is 2. The van der Waals surface area contributed by atoms with Crippen LogP contribution in [0.4, 0.5) is 4.39 Å². The van der Waals surface area contributed by atoms with Gasteiger partial charge in [-0.2, -0.15) is 0 Å². The third-order valence-electron chi connectivity index (χ3n) is 4.65. The van der Waals surface area contributed by atoms with Crippen LogP contribution in [-0.2, 0) is 14.3 Å². The first-order valence-corrected chi connectivity index (χ1v) is 7.95. The van der Waals surface area contributed by atoms with E-state index in [0.29, 0.717) is 19.3 Å². The minimum absolute atomic E-state index is 0.0616. The molecule has 0 radical (unpaired) electrons. The van der Waals surface area contributed by atoms with Crippen molar-refractivity contribution >= 4 is 11.9 Å². The molecule has 0 aliphatic carbocycles. The summed E-state index contributed by atoms with van der Waals surface area (Å²) in [4.78, 5) is 22.5. The number of alkyl halides is 1. The van der Waals surface area contributed by atoms with E-state index in [1.807, 2.05) is 6.92 Å². The Labute approximate surface area is 129 Å². The Morgan fingerprint density at radius 2 is 1.91 bits per heavy atom. The summed E-state index contributed by atoms with van der Waals surface area (Å²) in [7, 11) is 0. The molecule has 4 unspecified atom stereocenters. The number of carboxylic acids is 2. The molecule has 2 aliphatic rings. The number of ether oxygens (including phenoxy) is 1. The monoisotopic (exact) mass is 314 g/mol. The fourth-order valence-electron chi connectivity index (χ4n) is 3.47. The number of fused-ring (bicyclic) bond motifs is 2. The topological polar surface area (TPSA) is 83.8 Å². The minimum atomic E-state index is -1.20. The van der Waals surface area contributed by atoms with Gasteiger partial charge in [-0.15, -0.1) is 0 Å². The van der Waals surface area contributed by atoms with E-state index in [1.54, 1.807) is 0 Å². The summed E-state index contributed by atoms with van der Waals surface area (Å²) in [5.74, 6) is -2.33. The molecule has 2 aliphatic heterocycles. The Hall–Kier alpha value is -1.43. The molecule has 2 N–H and O–H groups in total. The van der Waals surface area contributed by atoms with E-state index in [9.17, 15) is 19.1 Å². The average Bonchev–Trinajstić information content (AvgIpc) is 3.03. The summed E-state index contributed by atoms with van der Waals surface area (Å²) in [6, 6.07) is 0. The van der Waals surface area contributed by atoms with E-state index >= 15 is 0 Å². The minimum Gasteiger partial charge on any atom is -0.478 e. The molecule has 124 valence electrons. The van der Waals surface area contributed by atoms with Crippen molar-refractivity contribution in [1.29, 1.82) is 0 Å². The highest BCUT2D eigenvalue weighted by atomic mass is 19.1. The maximum atomic E-state index is 13.1. The normalized spacial score (nSPS) is 28.2. The Morgan fingerprint density at radius 1 is 1.23 bits per heavy atom. The van der Waals surface area contributed by atoms with Gasteiger partial charge in [-0.25, -0.2) is 14.0 Å². The molecular weight excluding hydrogens is 291 g/mol. The van der Waals surface area contributed by atoms with E-state index in [2.05, 4.69) is 0 Å². The zero-order valence-corrected chi connectivity index (χ0v) is 12.8. The van der Waals surface area contributed by atoms with Crippen molar-refractivity contribution in [2.24, 2.45) is 5.92 Å². The highest BCUT2D eigenvalue weighted by Crippen LogP contribution is 2.45. The number of halogens is 1. The summed E-state index contributed by atoms with van der Waals surface area (Å²) in [5.41, 5.74) is -0.166. The number of hydrogen-bond donors (Lipinski definition) is 2. The summed E-state index contributed by atoms with van der Waals surface area (Å²) in [5, 5.41) is 18.4. The van der Waals surface area contributed by atoms with Crippen molar-refractivity contribution in [2.75, 3.05) is 0 Å². The molecule has 22 heavy (non-hydrogen) atoms. The van der Waals surface area contributed by atoms with Gasteiger partial charge in [0.15, 0.2) is 0 Å². The molecule has 0 aromatic rings. The second-order valence-electron chi connectivity index (χ2n) is 6.12. The van der Waals surface area contributed by atoms with E-state index in [-0.39, 0.29) is 17.1 Å². The van der Waals surface area contributed by atoms with Crippen LogP contribution in [0.5, 0.6) is 0 Å². The standard InChI is InChI=1S/C16H23FO5/c1-2-10(17)7-5-3-4-6-9-8-11-12(15(18)19)13(16(20)21)14(9)22-11/h9-11,14H,2-8H2,1H3,(H,18,19)(H,20,21). The Kier molecular flexibility index (Phi) is 5.56. The lowest BCUT2D eigenvalue weighted by atomic mass is 9.81. The Morgan fingerprint density at radius 3 is 2.50 bits per heavy atom. The smallest absolute Gasteiger partial charge is 0.334 e. The van der Waals surface area contributed by atoms with Gasteiger partial charge >= 0.3 is 11.9 Å². The van der Waals surface area contributed by atoms with Crippen molar-refractivity contribution in [3.05, 3.63) is 11.1 Å². The second-order valence-corrected chi connectivity index (χ2v) is 6.12. The number of carboxylic acid groups (broad SMARTS) is 2. The van der Waals surface area contributed by atoms with Gasteiger partial charge in [0.2, 0.25) is 0 Å². The summed E-state index contributed by atoms with van der Waals surface area (Å²) in [6.07, 6.45) is 3.21. The van der Waals surface area contributed by atoms with Crippen LogP contribution in [0.1, 0.15) is 51.9 Å². The first-order valence-electron chi connectivity index (χ1n) is 7.95. The van der Waals surface area contributed by atoms with Crippen LogP contribution < -0.4 is 0 Å². The van der Waals surface area contributed by atoms with Crippen LogP contribution in [0.25, 0.3) is 0 Å². The molecule has 0 spiro atoms. The third kappa shape index (κ3) is 3.48. The molecule has 2 heterocycles. The fourth-order valence-corrected chi connectivity index (χ4v) is 3.47. The maximum absolute atomic E-state index is 13.1. The SMILES string of the molecule is CCC(F)CCCCCC1CC2OC1C(C(=O)O)=C2C(=O)O. The molecule has 0 aromatic heterocycles. The molecule has 2 bridgehead atoms. The summed E-state index contributed by atoms with van der Waals surface area (Å²) >= 11 is 0. The van der Waals surface area contributed by atoms with Gasteiger partial charge in [0, 0.05) is 0 Å². The molecule has 4 atom stereocenters. The average molecular weight is 314 g/mol. The van der Waals surface area contributed by atoms with Gasteiger partial charge in [0.1, 0.15) is 0 Å². The van der Waals surface area contributed by atoms with Gasteiger partial charge in [-0.3, -0.25) is 0 Å². The van der Waals surface area contributed by atoms with Crippen LogP contribution >= 0.6 is 0 Å². The Balaban J connectivity index is 1.84. The predicted octanol–water partition coefficient (Wildman–Crippen LogP) is 2.94. The zero-order chi connectivity index (χ0) is 16.3. The van der Waals surface area contributed by atoms with E-state index < -0.39 is 30.3 Å². The largest absolute Gasteiger partial charge is 0.478 e. The van der Waals surface area contributed by atoms with Gasteiger partial charge in [-0.1, -0.05) is 26.2 Å². The highest BCUT2D eigenvalue weighted by Gasteiger charge is 2.51. The quantitative estimate of drug-likeness (QED) is 0.639. The van der Waals surface area contributed by atoms with Gasteiger partial charge in [0.05, 0.1) is 29.5 Å². The first-order chi connectivity index (χ1) is 10.5. The van der Waals surface area contributed by atoms with Crippen LogP contribution in [0.15, 0.2) is 11.1 Å². The van der Waals surface area contributed by atoms with Crippen molar-refractivity contribution in [2.45, 2.75) is 70.2 Å². The lowest BCUT2D eigenvalue weighted by Crippen LogP contribution is -2.27. The van der Waals surface area contributed by atoms with E-state index in [0.717, 1.165) is 25.7 Å². The van der Waals surface area contributed by atoms with Crippen LogP contribution in [0, 0.1) is 5.92 Å². The van der Waals surface area contributed by atoms with Crippen molar-refractivity contribution in [1.82, 2.24) is 0 Å². The molecule has 0 amide bonds. The number of hydrogen-bond acceptors (Lipinski definition) is 3. The predicted molar refractivity (Wildman–Crippen MR) is 77.3 cm³/mol. The molecular formula is C16H23FO5. The van der Waals surface area contributed by atoms with Gasteiger partial charge in [-0.05, 0) is 31.6 Å². The number of unbranched alkanes of at least 4 members (excludes halogenated alkanes) is 2. The van der Waals surface area contributed by atoms with E-state index in [4.69, 9.17) is 9.84 Å². The molecule has 6 heteroatoms. The van der Waals surface area contributed by atoms with Gasteiger partial charge < -0.3 is 14.9 Å². The Bertz CT molecular complexity index is 473. The second kappa shape index (κ2) is 7.22. The van der Waals surface area contributed by atoms with Crippen LogP contribution in [-0.4, -0.2) is 40.5 Å². The third-order valence-corrected chi connectivity index (χ3v) is 4.65. The van der Waals surface area contributed by atoms with Crippen molar-refractivity contribution < 1.29 is 28.9 Å². The number of carbonyl (C=O) groups is 2. The van der Waals surface area contributed by atoms with Crippen LogP contribution in [0.2, 0.25) is 0 Å². The molecule has 1 saturated heterocycles. The summed E-state index contributed by atoms with van der Waals surface area (Å²) in [6.45, 7) is 1.83. The molecule has 0 aromatic carbocycles. The van der Waals surface area contributed by atoms with Crippen LogP contribution in [0.3, 0.4) is 0 Å². The molecule has 0 saturated carbocycles. The highest BCUT2D eigenvalue weighted by molar-refractivity contribution is 6.01. The van der Waals surface area contributed by atoms with Crippen molar-refractivity contribution in [3.8, 4) is 0 Å². The molecule has 5 nitrogen and oxygen atoms in total. The van der Waals surface area contributed by atoms with E-state index in [1.165, 1.54) is 0 Å². The lowest BCUT2D eigenvalue weighted by Gasteiger charge is -2.20. The van der Waals surface area contributed by atoms with Gasteiger partial charge in [0.25, 0.3) is 0 Å². The molecule has 1 fully saturated rings. The fraction of sp³-hybridized carbons (Fsp3) is 0.750. The number of rotatable bonds is 9. The summed E-state index contributed by atoms with van der Waals surface area (Å²) < 4.78 is 18.6. The first kappa shape index (κ1) is 16.9.